The molecular formula is C37H43N3O5S. The van der Waals surface area contributed by atoms with Gasteiger partial charge >= 0.3 is 0 Å². The maximum Gasteiger partial charge on any atom is 0.264 e. The van der Waals surface area contributed by atoms with Crippen LogP contribution in [0, 0.1) is 13.8 Å². The van der Waals surface area contributed by atoms with Crippen LogP contribution in [-0.4, -0.2) is 50.9 Å². The van der Waals surface area contributed by atoms with Crippen molar-refractivity contribution in [1.82, 2.24) is 10.2 Å². The Morgan fingerprint density at radius 2 is 1.50 bits per heavy atom. The molecule has 0 aromatic heterocycles. The normalized spacial score (nSPS) is 12.5. The number of nitrogens with one attached hydrogen (secondary N) is 1. The number of hydrogen-bond acceptors (Lipinski definition) is 5. The molecule has 0 unspecified atom stereocenters. The van der Waals surface area contributed by atoms with E-state index < -0.39 is 28.5 Å². The van der Waals surface area contributed by atoms with E-state index in [-0.39, 0.29) is 29.8 Å². The highest BCUT2D eigenvalue weighted by Crippen LogP contribution is 2.29. The molecule has 0 radical (unpaired) electrons. The van der Waals surface area contributed by atoms with E-state index in [1.165, 1.54) is 17.0 Å². The number of benzene rings is 4. The molecule has 0 bridgehead atoms. The maximum atomic E-state index is 14.7. The lowest BCUT2D eigenvalue weighted by molar-refractivity contribution is -0.140. The molecule has 2 atom stereocenters. The van der Waals surface area contributed by atoms with Crippen LogP contribution in [0.15, 0.2) is 108 Å². The van der Waals surface area contributed by atoms with Gasteiger partial charge in [0.25, 0.3) is 10.0 Å². The van der Waals surface area contributed by atoms with Gasteiger partial charge in [0.15, 0.2) is 0 Å². The maximum absolute atomic E-state index is 14.7. The first-order valence-corrected chi connectivity index (χ1v) is 16.9. The molecule has 0 spiro atoms. The average Bonchev–Trinajstić information content (AvgIpc) is 3.07. The fourth-order valence-corrected chi connectivity index (χ4v) is 6.68. The van der Waals surface area contributed by atoms with Crippen LogP contribution >= 0.6 is 0 Å². The molecule has 0 fully saturated rings. The molecule has 8 nitrogen and oxygen atoms in total. The summed E-state index contributed by atoms with van der Waals surface area (Å²) < 4.78 is 35.1. The lowest BCUT2D eigenvalue weighted by atomic mass is 10.0. The van der Waals surface area contributed by atoms with Crippen molar-refractivity contribution in [3.8, 4) is 5.75 Å². The number of aryl methyl sites for hydroxylation is 2. The number of ether oxygens (including phenoxy) is 1. The first-order chi connectivity index (χ1) is 22.0. The number of anilines is 1. The van der Waals surface area contributed by atoms with E-state index >= 15 is 0 Å². The van der Waals surface area contributed by atoms with E-state index in [2.05, 4.69) is 5.32 Å². The van der Waals surface area contributed by atoms with Crippen molar-refractivity contribution >= 4 is 27.5 Å². The van der Waals surface area contributed by atoms with E-state index in [9.17, 15) is 18.0 Å². The topological polar surface area (TPSA) is 96.0 Å². The molecule has 9 heteroatoms. The highest BCUT2D eigenvalue weighted by atomic mass is 32.2. The van der Waals surface area contributed by atoms with Gasteiger partial charge in [-0.25, -0.2) is 8.42 Å². The predicted octanol–water partition coefficient (Wildman–Crippen LogP) is 6.06. The first kappa shape index (κ1) is 34.2. The predicted molar refractivity (Wildman–Crippen MR) is 182 cm³/mol. The Morgan fingerprint density at radius 3 is 2.15 bits per heavy atom. The largest absolute Gasteiger partial charge is 0.497 e. The van der Waals surface area contributed by atoms with Gasteiger partial charge < -0.3 is 15.0 Å². The summed E-state index contributed by atoms with van der Waals surface area (Å²) in [5.41, 5.74) is 3.57. The Bertz CT molecular complexity index is 1730. The third-order valence-corrected chi connectivity index (χ3v) is 9.78. The molecule has 0 aliphatic rings. The van der Waals surface area contributed by atoms with Gasteiger partial charge in [-0.05, 0) is 79.8 Å². The number of sulfonamides is 1. The van der Waals surface area contributed by atoms with Crippen molar-refractivity contribution < 1.29 is 22.7 Å². The number of hydrogen-bond donors (Lipinski definition) is 1. The number of rotatable bonds is 14. The summed E-state index contributed by atoms with van der Waals surface area (Å²) in [4.78, 5) is 30.2. The third kappa shape index (κ3) is 8.54. The molecule has 1 N–H and O–H groups in total. The molecule has 0 saturated heterocycles. The minimum atomic E-state index is -4.17. The SMILES string of the molecule is CC[C@@H](C)NC(=O)[C@H](Cc1ccccc1)N(Cc1cccc(OC)c1)C(=O)CN(c1cc(C)ccc1C)S(=O)(=O)c1ccccc1. The van der Waals surface area contributed by atoms with Crippen LogP contribution in [0.4, 0.5) is 5.69 Å². The van der Waals surface area contributed by atoms with Gasteiger partial charge in [0.2, 0.25) is 11.8 Å². The molecular weight excluding hydrogens is 598 g/mol. The van der Waals surface area contributed by atoms with E-state index in [1.807, 2.05) is 88.4 Å². The highest BCUT2D eigenvalue weighted by molar-refractivity contribution is 7.92. The van der Waals surface area contributed by atoms with Crippen LogP contribution in [0.2, 0.25) is 0 Å². The highest BCUT2D eigenvalue weighted by Gasteiger charge is 2.35. The number of carbonyl (C=O) groups is 2. The molecule has 4 rings (SSSR count). The zero-order valence-electron chi connectivity index (χ0n) is 27.1. The lowest BCUT2D eigenvalue weighted by Crippen LogP contribution is -2.54. The van der Waals surface area contributed by atoms with Gasteiger partial charge in [-0.15, -0.1) is 0 Å². The van der Waals surface area contributed by atoms with Crippen molar-refractivity contribution in [3.63, 3.8) is 0 Å². The summed E-state index contributed by atoms with van der Waals surface area (Å²) in [5.74, 6) is -0.209. The second-order valence-corrected chi connectivity index (χ2v) is 13.4. The Labute approximate surface area is 273 Å². The summed E-state index contributed by atoms with van der Waals surface area (Å²) in [6.45, 7) is 7.15. The first-order valence-electron chi connectivity index (χ1n) is 15.4. The second-order valence-electron chi connectivity index (χ2n) is 11.5. The molecule has 4 aromatic carbocycles. The number of nitrogens with zero attached hydrogens (tertiary/aromatic N) is 2. The average molecular weight is 642 g/mol. The van der Waals surface area contributed by atoms with Crippen LogP contribution in [-0.2, 0) is 32.6 Å². The van der Waals surface area contributed by atoms with Crippen molar-refractivity contribution in [2.75, 3.05) is 18.0 Å². The van der Waals surface area contributed by atoms with Crippen molar-refractivity contribution in [2.45, 2.75) is 64.1 Å². The summed E-state index contributed by atoms with van der Waals surface area (Å²) in [6, 6.07) is 29.4. The zero-order chi connectivity index (χ0) is 33.3. The summed E-state index contributed by atoms with van der Waals surface area (Å²) in [7, 11) is -2.60. The molecule has 242 valence electrons. The van der Waals surface area contributed by atoms with Gasteiger partial charge in [-0.3, -0.25) is 13.9 Å². The Morgan fingerprint density at radius 1 is 0.848 bits per heavy atom. The Kier molecular flexibility index (Phi) is 11.6. The number of amides is 2. The standard InChI is InChI=1S/C37H43N3O5S/c1-6-29(4)38-37(42)35(24-30-14-9-7-10-15-30)39(25-31-16-13-17-32(23-31)45-5)36(41)26-40(34-22-27(2)20-21-28(34)3)46(43,44)33-18-11-8-12-19-33/h7-23,29,35H,6,24-26H2,1-5H3,(H,38,42)/t29-,35+/m1/s1. The lowest BCUT2D eigenvalue weighted by Gasteiger charge is -2.34. The third-order valence-electron chi connectivity index (χ3n) is 8.00. The molecule has 0 aliphatic heterocycles. The monoisotopic (exact) mass is 641 g/mol. The van der Waals surface area contributed by atoms with Crippen molar-refractivity contribution in [1.29, 1.82) is 0 Å². The van der Waals surface area contributed by atoms with E-state index in [0.717, 1.165) is 21.0 Å². The van der Waals surface area contributed by atoms with E-state index in [0.29, 0.717) is 23.4 Å². The second kappa shape index (κ2) is 15.6. The van der Waals surface area contributed by atoms with Crippen LogP contribution in [0.25, 0.3) is 0 Å². The molecule has 2 amide bonds. The van der Waals surface area contributed by atoms with E-state index in [1.54, 1.807) is 37.4 Å². The molecule has 46 heavy (non-hydrogen) atoms. The molecule has 0 heterocycles. The van der Waals surface area contributed by atoms with Gasteiger partial charge in [0.1, 0.15) is 18.3 Å². The summed E-state index contributed by atoms with van der Waals surface area (Å²) in [5, 5.41) is 3.06. The van der Waals surface area contributed by atoms with Gasteiger partial charge in [0.05, 0.1) is 17.7 Å². The van der Waals surface area contributed by atoms with E-state index in [4.69, 9.17) is 4.74 Å². The number of carbonyl (C=O) groups excluding carboxylic acids is 2. The minimum Gasteiger partial charge on any atom is -0.497 e. The molecule has 0 aliphatic carbocycles. The number of methoxy groups -OCH3 is 1. The molecule has 4 aromatic rings. The van der Waals surface area contributed by atoms with Crippen molar-refractivity contribution in [3.05, 3.63) is 125 Å². The van der Waals surface area contributed by atoms with Crippen LogP contribution in [0.3, 0.4) is 0 Å². The smallest absolute Gasteiger partial charge is 0.264 e. The minimum absolute atomic E-state index is 0.0630. The zero-order valence-corrected chi connectivity index (χ0v) is 28.0. The van der Waals surface area contributed by atoms with Gasteiger partial charge in [-0.2, -0.15) is 0 Å². The fraction of sp³-hybridized carbons (Fsp3) is 0.297. The quantitative estimate of drug-likeness (QED) is 0.181. The molecule has 0 saturated carbocycles. The van der Waals surface area contributed by atoms with Crippen LogP contribution in [0.1, 0.15) is 42.5 Å². The Hall–Kier alpha value is -4.63. The fourth-order valence-electron chi connectivity index (χ4n) is 5.18. The van der Waals surface area contributed by atoms with Crippen LogP contribution < -0.4 is 14.4 Å². The van der Waals surface area contributed by atoms with Crippen molar-refractivity contribution in [2.24, 2.45) is 0 Å². The van der Waals surface area contributed by atoms with Gasteiger partial charge in [0, 0.05) is 19.0 Å². The summed E-state index contributed by atoms with van der Waals surface area (Å²) in [6.07, 6.45) is 0.955. The van der Waals surface area contributed by atoms with Crippen LogP contribution in [0.5, 0.6) is 5.75 Å². The Balaban J connectivity index is 1.84. The summed E-state index contributed by atoms with van der Waals surface area (Å²) >= 11 is 0. The van der Waals surface area contributed by atoms with Gasteiger partial charge in [-0.1, -0.05) is 79.7 Å².